The molecule has 0 unspecified atom stereocenters. The summed E-state index contributed by atoms with van der Waals surface area (Å²) in [6.07, 6.45) is 1.83. The molecule has 3 heterocycles. The van der Waals surface area contributed by atoms with Gasteiger partial charge in [-0.1, -0.05) is 158 Å². The van der Waals surface area contributed by atoms with Gasteiger partial charge in [0.2, 0.25) is 0 Å². The number of hydrogen-bond acceptors (Lipinski definition) is 3. The Hall–Kier alpha value is -7.95. The minimum atomic E-state index is 0.891. The van der Waals surface area contributed by atoms with Gasteiger partial charge in [0.25, 0.3) is 0 Å². The van der Waals surface area contributed by atoms with Crippen molar-refractivity contribution in [2.45, 2.75) is 0 Å². The minimum Gasteiger partial charge on any atom is -0.292 e. The summed E-state index contributed by atoms with van der Waals surface area (Å²) < 4.78 is 2.28. The number of pyridine rings is 2. The first-order valence-corrected chi connectivity index (χ1v) is 20.0. The number of benzene rings is 9. The van der Waals surface area contributed by atoms with Gasteiger partial charge in [-0.3, -0.25) is 9.55 Å². The lowest BCUT2D eigenvalue weighted by Crippen LogP contribution is -1.98. The molecule has 0 saturated heterocycles. The van der Waals surface area contributed by atoms with E-state index in [9.17, 15) is 0 Å². The van der Waals surface area contributed by atoms with Gasteiger partial charge < -0.3 is 0 Å². The minimum absolute atomic E-state index is 0.891. The second kappa shape index (κ2) is 13.3. The summed E-state index contributed by atoms with van der Waals surface area (Å²) in [5.74, 6) is 0.891. The lowest BCUT2D eigenvalue weighted by atomic mass is 9.85. The third-order valence-corrected chi connectivity index (χ3v) is 11.8. The summed E-state index contributed by atoms with van der Waals surface area (Å²) in [6.45, 7) is 0. The summed E-state index contributed by atoms with van der Waals surface area (Å²) in [6, 6.07) is 71.6. The maximum atomic E-state index is 5.20. The first kappa shape index (κ1) is 33.2. The van der Waals surface area contributed by atoms with Crippen molar-refractivity contribution >= 4 is 65.2 Å². The molecule has 0 saturated carbocycles. The molecule has 0 N–H and O–H groups in total. The highest BCUT2D eigenvalue weighted by molar-refractivity contribution is 6.21. The highest BCUT2D eigenvalue weighted by Crippen LogP contribution is 2.44. The van der Waals surface area contributed by atoms with Crippen molar-refractivity contribution in [3.63, 3.8) is 0 Å². The third-order valence-electron chi connectivity index (χ3n) is 11.8. The molecule has 274 valence electrons. The van der Waals surface area contributed by atoms with E-state index in [4.69, 9.17) is 9.97 Å². The molecule has 0 aliphatic carbocycles. The summed E-state index contributed by atoms with van der Waals surface area (Å²) in [4.78, 5) is 14.9. The molecule has 0 spiro atoms. The van der Waals surface area contributed by atoms with Crippen LogP contribution < -0.4 is 0 Å². The Labute approximate surface area is 340 Å². The molecule has 4 heteroatoms. The second-order valence-electron chi connectivity index (χ2n) is 15.2. The van der Waals surface area contributed by atoms with Gasteiger partial charge >= 0.3 is 0 Å². The maximum absolute atomic E-state index is 5.20. The largest absolute Gasteiger partial charge is 0.292 e. The van der Waals surface area contributed by atoms with E-state index in [1.54, 1.807) is 0 Å². The average molecular weight is 751 g/mol. The SMILES string of the molecule is c1ccc2cc(-c3c4ccccc4c(-c4ccc(-n5c(-c6ccc(-c7ccc8ccc9cccnc9c8n7)cc6)nc6ccccc65)cc4)c4ccccc34)ccc2c1. The van der Waals surface area contributed by atoms with Crippen molar-refractivity contribution in [2.24, 2.45) is 0 Å². The number of hydrogen-bond donors (Lipinski definition) is 0. The van der Waals surface area contributed by atoms with Gasteiger partial charge in [-0.15, -0.1) is 0 Å². The van der Waals surface area contributed by atoms with Crippen molar-refractivity contribution < 1.29 is 0 Å². The Kier molecular flexibility index (Phi) is 7.50. The summed E-state index contributed by atoms with van der Waals surface area (Å²) in [5.41, 5.74) is 12.8. The summed E-state index contributed by atoms with van der Waals surface area (Å²) in [7, 11) is 0. The summed E-state index contributed by atoms with van der Waals surface area (Å²) >= 11 is 0. The molecule has 0 fully saturated rings. The summed E-state index contributed by atoms with van der Waals surface area (Å²) in [5, 5.41) is 9.62. The fourth-order valence-corrected chi connectivity index (χ4v) is 9.03. The number of aromatic nitrogens is 4. The number of nitrogens with zero attached hydrogens (tertiary/aromatic N) is 4. The lowest BCUT2D eigenvalue weighted by molar-refractivity contribution is 1.10. The molecule has 0 amide bonds. The number of para-hydroxylation sites is 2. The monoisotopic (exact) mass is 750 g/mol. The van der Waals surface area contributed by atoms with Gasteiger partial charge in [0, 0.05) is 33.8 Å². The van der Waals surface area contributed by atoms with Crippen molar-refractivity contribution in [2.75, 3.05) is 0 Å². The van der Waals surface area contributed by atoms with Crippen LogP contribution in [0.5, 0.6) is 0 Å². The van der Waals surface area contributed by atoms with Crippen LogP contribution in [0.1, 0.15) is 0 Å². The molecular weight excluding hydrogens is 717 g/mol. The molecule has 0 bridgehead atoms. The number of fused-ring (bicyclic) bond motifs is 7. The van der Waals surface area contributed by atoms with Crippen LogP contribution in [0.25, 0.3) is 116 Å². The van der Waals surface area contributed by atoms with Crippen molar-refractivity contribution in [1.82, 2.24) is 19.5 Å². The quantitative estimate of drug-likeness (QED) is 0.130. The predicted molar refractivity (Wildman–Crippen MR) is 246 cm³/mol. The zero-order valence-electron chi connectivity index (χ0n) is 31.9. The first-order valence-electron chi connectivity index (χ1n) is 20.0. The van der Waals surface area contributed by atoms with E-state index in [-0.39, 0.29) is 0 Å². The Morgan fingerprint density at radius 1 is 0.356 bits per heavy atom. The van der Waals surface area contributed by atoms with Gasteiger partial charge in [0.15, 0.2) is 0 Å². The Balaban J connectivity index is 0.962. The van der Waals surface area contributed by atoms with Crippen LogP contribution in [-0.4, -0.2) is 19.5 Å². The molecule has 0 atom stereocenters. The molecule has 59 heavy (non-hydrogen) atoms. The molecule has 4 nitrogen and oxygen atoms in total. The van der Waals surface area contributed by atoms with Crippen molar-refractivity contribution in [1.29, 1.82) is 0 Å². The Morgan fingerprint density at radius 3 is 1.64 bits per heavy atom. The van der Waals surface area contributed by atoms with E-state index in [0.29, 0.717) is 0 Å². The zero-order chi connectivity index (χ0) is 38.9. The molecule has 9 aromatic carbocycles. The molecule has 12 aromatic rings. The van der Waals surface area contributed by atoms with Crippen LogP contribution >= 0.6 is 0 Å². The fraction of sp³-hybridized carbons (Fsp3) is 0. The molecular formula is C55H34N4. The Bertz CT molecular complexity index is 3540. The van der Waals surface area contributed by atoms with Crippen molar-refractivity contribution in [3.05, 3.63) is 206 Å². The Morgan fingerprint density at radius 2 is 0.898 bits per heavy atom. The molecule has 3 aromatic heterocycles. The van der Waals surface area contributed by atoms with Gasteiger partial charge in [-0.05, 0) is 97.0 Å². The fourth-order valence-electron chi connectivity index (χ4n) is 9.03. The second-order valence-corrected chi connectivity index (χ2v) is 15.2. The molecule has 12 rings (SSSR count). The highest BCUT2D eigenvalue weighted by Gasteiger charge is 2.19. The smallest absolute Gasteiger partial charge is 0.145 e. The van der Waals surface area contributed by atoms with E-state index in [1.807, 2.05) is 12.3 Å². The highest BCUT2D eigenvalue weighted by atomic mass is 15.1. The van der Waals surface area contributed by atoms with E-state index in [2.05, 4.69) is 204 Å². The molecule has 0 aliphatic rings. The van der Waals surface area contributed by atoms with Crippen LogP contribution in [0.2, 0.25) is 0 Å². The third kappa shape index (κ3) is 5.42. The van der Waals surface area contributed by atoms with Gasteiger partial charge in [0.1, 0.15) is 5.82 Å². The normalized spacial score (nSPS) is 11.7. The van der Waals surface area contributed by atoms with E-state index in [0.717, 1.165) is 61.2 Å². The van der Waals surface area contributed by atoms with Crippen LogP contribution in [0.3, 0.4) is 0 Å². The number of imidazole rings is 1. The topological polar surface area (TPSA) is 43.6 Å². The van der Waals surface area contributed by atoms with E-state index in [1.165, 1.54) is 54.6 Å². The lowest BCUT2D eigenvalue weighted by Gasteiger charge is -2.18. The van der Waals surface area contributed by atoms with Crippen molar-refractivity contribution in [3.8, 4) is 50.6 Å². The van der Waals surface area contributed by atoms with Gasteiger partial charge in [0.05, 0.1) is 27.8 Å². The van der Waals surface area contributed by atoms with Crippen LogP contribution in [0.15, 0.2) is 206 Å². The predicted octanol–water partition coefficient (Wildman–Crippen LogP) is 14.2. The van der Waals surface area contributed by atoms with Crippen LogP contribution in [-0.2, 0) is 0 Å². The van der Waals surface area contributed by atoms with Gasteiger partial charge in [-0.25, -0.2) is 9.97 Å². The zero-order valence-corrected chi connectivity index (χ0v) is 31.9. The maximum Gasteiger partial charge on any atom is 0.145 e. The molecule has 0 aliphatic heterocycles. The van der Waals surface area contributed by atoms with E-state index >= 15 is 0 Å². The van der Waals surface area contributed by atoms with E-state index < -0.39 is 0 Å². The number of rotatable bonds is 5. The standard InChI is InChI=1S/C55H34N4/c1-2-11-41-34-42(26-19-35(41)10-1)52-46-15-5-3-13-44(46)51(45-14-4-6-16-47(45)52)37-27-30-43(31-28-37)59-50-18-8-7-17-49(50)58-55(59)40-24-20-36(21-25-40)48-32-29-39-23-22-38-12-9-33-56-53(38)54(39)57-48/h1-34H. The first-order chi connectivity index (χ1) is 29.2. The van der Waals surface area contributed by atoms with Crippen LogP contribution in [0.4, 0.5) is 0 Å². The molecule has 0 radical (unpaired) electrons. The average Bonchev–Trinajstić information content (AvgIpc) is 3.70. The van der Waals surface area contributed by atoms with Gasteiger partial charge in [-0.2, -0.15) is 0 Å². The van der Waals surface area contributed by atoms with Crippen LogP contribution in [0, 0.1) is 0 Å².